The quantitative estimate of drug-likeness (QED) is 0.559. The molecule has 0 saturated heterocycles. The van der Waals surface area contributed by atoms with Gasteiger partial charge in [0.15, 0.2) is 0 Å². The smallest absolute Gasteiger partial charge is 0.207 e. The maximum absolute atomic E-state index is 12.5. The van der Waals surface area contributed by atoms with Gasteiger partial charge in [0.05, 0.1) is 0 Å². The van der Waals surface area contributed by atoms with E-state index in [0.29, 0.717) is 6.42 Å². The molecular weight excluding hydrogens is 122 g/mol. The molecule has 0 aromatic carbocycles. The molecule has 0 aliphatic carbocycles. The summed E-state index contributed by atoms with van der Waals surface area (Å²) in [5.74, 6) is -2.97. The highest BCUT2D eigenvalue weighted by Gasteiger charge is 2.31. The van der Waals surface area contributed by atoms with Gasteiger partial charge in [-0.15, -0.1) is 0 Å². The highest BCUT2D eigenvalue weighted by Crippen LogP contribution is 2.28. The number of rotatable bonds is 3. The summed E-state index contributed by atoms with van der Waals surface area (Å²) < 4.78 is 25.1. The van der Waals surface area contributed by atoms with E-state index >= 15 is 0 Å². The second-order valence-corrected chi connectivity index (χ2v) is 2.67. The van der Waals surface area contributed by atoms with E-state index in [2.05, 4.69) is 0 Å². The van der Waals surface area contributed by atoms with Gasteiger partial charge in [0.25, 0.3) is 0 Å². The van der Waals surface area contributed by atoms with Gasteiger partial charge in [0.1, 0.15) is 0 Å². The van der Waals surface area contributed by atoms with Crippen LogP contribution in [0.3, 0.4) is 0 Å². The topological polar surface area (TPSA) is 0 Å². The summed E-state index contributed by atoms with van der Waals surface area (Å²) in [5.41, 5.74) is 0. The molecule has 56 valence electrons. The molecule has 0 N–H and O–H groups in total. The Balaban J connectivity index is 3.70. The van der Waals surface area contributed by atoms with Crippen LogP contribution >= 0.6 is 0 Å². The minimum absolute atomic E-state index is 0.0185. The van der Waals surface area contributed by atoms with Crippen molar-refractivity contribution < 1.29 is 8.78 Å². The van der Waals surface area contributed by atoms with Gasteiger partial charge in [0.2, 0.25) is 5.92 Å². The molecule has 0 fully saturated rings. The molecule has 0 bridgehead atoms. The first-order chi connectivity index (χ1) is 4.00. The summed E-state index contributed by atoms with van der Waals surface area (Å²) in [6.07, 6.45) is 0.579. The first-order valence-corrected chi connectivity index (χ1v) is 3.38. The van der Waals surface area contributed by atoms with Crippen LogP contribution in [0.1, 0.15) is 33.6 Å². The van der Waals surface area contributed by atoms with Gasteiger partial charge in [0, 0.05) is 12.3 Å². The zero-order chi connectivity index (χ0) is 7.49. The van der Waals surface area contributed by atoms with E-state index in [4.69, 9.17) is 0 Å². The molecule has 0 nitrogen and oxygen atoms in total. The molecule has 0 spiro atoms. The third-order valence-electron chi connectivity index (χ3n) is 1.43. The predicted molar refractivity (Wildman–Crippen MR) is 34.7 cm³/mol. The molecule has 2 heteroatoms. The first-order valence-electron chi connectivity index (χ1n) is 3.38. The standard InChI is InChI=1S/C7H14F2/c1-4-5-7(8,9)6(2)3/h6H,4-5H2,1-3H3. The lowest BCUT2D eigenvalue weighted by Gasteiger charge is -2.18. The van der Waals surface area contributed by atoms with Crippen LogP contribution < -0.4 is 0 Å². The third-order valence-corrected chi connectivity index (χ3v) is 1.43. The van der Waals surface area contributed by atoms with E-state index in [9.17, 15) is 8.78 Å². The maximum atomic E-state index is 12.5. The fourth-order valence-electron chi connectivity index (χ4n) is 0.622. The molecule has 0 rings (SSSR count). The van der Waals surface area contributed by atoms with Crippen LogP contribution in [-0.4, -0.2) is 5.92 Å². The molecule has 0 amide bonds. The summed E-state index contributed by atoms with van der Waals surface area (Å²) >= 11 is 0. The molecule has 0 unspecified atom stereocenters. The Morgan fingerprint density at radius 1 is 1.33 bits per heavy atom. The van der Waals surface area contributed by atoms with Crippen molar-refractivity contribution in [2.45, 2.75) is 39.5 Å². The Bertz CT molecular complexity index is 77.0. The van der Waals surface area contributed by atoms with E-state index in [0.717, 1.165) is 0 Å². The van der Waals surface area contributed by atoms with E-state index in [1.807, 2.05) is 0 Å². The van der Waals surface area contributed by atoms with E-state index in [1.54, 1.807) is 20.8 Å². The molecule has 0 heterocycles. The van der Waals surface area contributed by atoms with Crippen molar-refractivity contribution in [3.8, 4) is 0 Å². The molecule has 0 saturated carbocycles. The van der Waals surface area contributed by atoms with Crippen LogP contribution in [0.4, 0.5) is 8.78 Å². The Hall–Kier alpha value is -0.140. The number of hydrogen-bond acceptors (Lipinski definition) is 0. The molecule has 0 aliphatic rings. The van der Waals surface area contributed by atoms with Gasteiger partial charge in [-0.25, -0.2) is 8.78 Å². The monoisotopic (exact) mass is 136 g/mol. The van der Waals surface area contributed by atoms with Crippen molar-refractivity contribution in [1.29, 1.82) is 0 Å². The lowest BCUT2D eigenvalue weighted by atomic mass is 10.0. The third kappa shape index (κ3) is 2.78. The van der Waals surface area contributed by atoms with Gasteiger partial charge in [-0.3, -0.25) is 0 Å². The lowest BCUT2D eigenvalue weighted by Crippen LogP contribution is -2.22. The van der Waals surface area contributed by atoms with Crippen LogP contribution in [-0.2, 0) is 0 Å². The minimum atomic E-state index is -2.45. The highest BCUT2D eigenvalue weighted by atomic mass is 19.3. The van der Waals surface area contributed by atoms with Crippen molar-refractivity contribution in [1.82, 2.24) is 0 Å². The predicted octanol–water partition coefficient (Wildman–Crippen LogP) is 3.08. The molecule has 0 atom stereocenters. The van der Waals surface area contributed by atoms with Crippen LogP contribution in [0, 0.1) is 5.92 Å². The van der Waals surface area contributed by atoms with Gasteiger partial charge >= 0.3 is 0 Å². The summed E-state index contributed by atoms with van der Waals surface area (Å²) in [4.78, 5) is 0. The van der Waals surface area contributed by atoms with Crippen molar-refractivity contribution in [3.63, 3.8) is 0 Å². The summed E-state index contributed by atoms with van der Waals surface area (Å²) in [5, 5.41) is 0. The fraction of sp³-hybridized carbons (Fsp3) is 1.00. The van der Waals surface area contributed by atoms with Crippen LogP contribution in [0.25, 0.3) is 0 Å². The highest BCUT2D eigenvalue weighted by molar-refractivity contribution is 4.68. The Labute approximate surface area is 55.3 Å². The van der Waals surface area contributed by atoms with Gasteiger partial charge in [-0.2, -0.15) is 0 Å². The molecule has 0 radical (unpaired) electrons. The average Bonchev–Trinajstić information content (AvgIpc) is 1.65. The average molecular weight is 136 g/mol. The van der Waals surface area contributed by atoms with Gasteiger partial charge in [-0.05, 0) is 0 Å². The van der Waals surface area contributed by atoms with Crippen molar-refractivity contribution in [2.24, 2.45) is 5.92 Å². The first kappa shape index (κ1) is 8.86. The van der Waals surface area contributed by atoms with Crippen LogP contribution in [0.5, 0.6) is 0 Å². The Morgan fingerprint density at radius 3 is 1.89 bits per heavy atom. The number of halogens is 2. The SMILES string of the molecule is CCCC(F)(F)C(C)C. The number of alkyl halides is 2. The van der Waals surface area contributed by atoms with E-state index in [1.165, 1.54) is 0 Å². The Morgan fingerprint density at radius 2 is 1.78 bits per heavy atom. The molecule has 0 aliphatic heterocycles. The van der Waals surface area contributed by atoms with Crippen LogP contribution in [0.2, 0.25) is 0 Å². The lowest BCUT2D eigenvalue weighted by molar-refractivity contribution is -0.0526. The second-order valence-electron chi connectivity index (χ2n) is 2.67. The summed E-state index contributed by atoms with van der Waals surface area (Å²) in [6.45, 7) is 4.88. The second kappa shape index (κ2) is 3.14. The largest absolute Gasteiger partial charge is 0.250 e. The molecule has 9 heavy (non-hydrogen) atoms. The molecule has 0 aromatic rings. The van der Waals surface area contributed by atoms with Crippen molar-refractivity contribution in [3.05, 3.63) is 0 Å². The summed E-state index contributed by atoms with van der Waals surface area (Å²) in [7, 11) is 0. The normalized spacial score (nSPS) is 12.7. The van der Waals surface area contributed by atoms with Gasteiger partial charge in [-0.1, -0.05) is 27.2 Å². The van der Waals surface area contributed by atoms with E-state index in [-0.39, 0.29) is 6.42 Å². The Kier molecular flexibility index (Phi) is 3.09. The fourth-order valence-corrected chi connectivity index (χ4v) is 0.622. The van der Waals surface area contributed by atoms with E-state index < -0.39 is 11.8 Å². The zero-order valence-corrected chi connectivity index (χ0v) is 6.25. The molecular formula is C7H14F2. The van der Waals surface area contributed by atoms with Crippen molar-refractivity contribution >= 4 is 0 Å². The minimum Gasteiger partial charge on any atom is -0.207 e. The maximum Gasteiger partial charge on any atom is 0.250 e. The number of hydrogen-bond donors (Lipinski definition) is 0. The zero-order valence-electron chi connectivity index (χ0n) is 6.25. The van der Waals surface area contributed by atoms with Crippen molar-refractivity contribution in [2.75, 3.05) is 0 Å². The molecule has 0 aromatic heterocycles. The summed E-state index contributed by atoms with van der Waals surface area (Å²) in [6, 6.07) is 0. The van der Waals surface area contributed by atoms with Gasteiger partial charge < -0.3 is 0 Å². The van der Waals surface area contributed by atoms with Crippen LogP contribution in [0.15, 0.2) is 0 Å².